The molecule has 0 saturated carbocycles. The van der Waals surface area contributed by atoms with Gasteiger partial charge in [-0.3, -0.25) is 9.78 Å². The van der Waals surface area contributed by atoms with Crippen LogP contribution in [0, 0.1) is 4.91 Å². The first-order valence-corrected chi connectivity index (χ1v) is 11.8. The van der Waals surface area contributed by atoms with Crippen LogP contribution in [-0.2, 0) is 11.8 Å². The molecule has 4 rings (SSSR count). The number of ether oxygens (including phenoxy) is 2. The molecular formula is C25H28N2O6S. The molecule has 3 aromatic rings. The van der Waals surface area contributed by atoms with Crippen molar-refractivity contribution in [2.45, 2.75) is 57.6 Å². The third kappa shape index (κ3) is 4.94. The minimum absolute atomic E-state index is 0.0979. The summed E-state index contributed by atoms with van der Waals surface area (Å²) in [4.78, 5) is 25.6. The normalized spacial score (nSPS) is 19.8. The lowest BCUT2D eigenvalue weighted by Crippen LogP contribution is -2.43. The number of H-pyrrole nitrogens is 1. The van der Waals surface area contributed by atoms with Crippen LogP contribution in [0.2, 0.25) is 0 Å². The average molecular weight is 485 g/mol. The van der Waals surface area contributed by atoms with Crippen molar-refractivity contribution in [3.63, 3.8) is 0 Å². The maximum Gasteiger partial charge on any atom is 0.307 e. The molecule has 2 heterocycles. The van der Waals surface area contributed by atoms with Gasteiger partial charge >= 0.3 is 4.87 Å². The molecule has 1 aliphatic rings. The Hall–Kier alpha value is -3.33. The first-order valence-electron chi connectivity index (χ1n) is 11.0. The van der Waals surface area contributed by atoms with Crippen LogP contribution in [0.3, 0.4) is 0 Å². The smallest absolute Gasteiger partial charge is 0.307 e. The molecule has 2 atom stereocenters. The lowest BCUT2D eigenvalue weighted by molar-refractivity contribution is 0.00910. The van der Waals surface area contributed by atoms with Gasteiger partial charge in [0.2, 0.25) is 5.88 Å². The van der Waals surface area contributed by atoms with E-state index in [1.807, 2.05) is 52.0 Å². The molecule has 9 heteroatoms. The van der Waals surface area contributed by atoms with Crippen molar-refractivity contribution in [1.29, 1.82) is 0 Å². The van der Waals surface area contributed by atoms with Crippen molar-refractivity contribution < 1.29 is 19.7 Å². The summed E-state index contributed by atoms with van der Waals surface area (Å²) >= 11 is 0.983. The number of benzene rings is 2. The maximum atomic E-state index is 11.6. The molecule has 180 valence electrons. The Kier molecular flexibility index (Phi) is 6.16. The van der Waals surface area contributed by atoms with Crippen molar-refractivity contribution in [2.24, 2.45) is 5.18 Å². The molecule has 0 aliphatic carbocycles. The number of nitrogens with one attached hydrogen (secondary N) is 1. The zero-order chi connectivity index (χ0) is 24.7. The number of hydrogen-bond donors (Lipinski definition) is 3. The molecule has 34 heavy (non-hydrogen) atoms. The summed E-state index contributed by atoms with van der Waals surface area (Å²) in [5.74, 6) is 1.19. The van der Waals surface area contributed by atoms with Crippen molar-refractivity contribution >= 4 is 11.3 Å². The van der Waals surface area contributed by atoms with E-state index in [1.54, 1.807) is 12.1 Å². The lowest BCUT2D eigenvalue weighted by Gasteiger charge is -2.38. The van der Waals surface area contributed by atoms with Gasteiger partial charge in [-0.05, 0) is 42.2 Å². The highest BCUT2D eigenvalue weighted by atomic mass is 32.1. The van der Waals surface area contributed by atoms with E-state index in [2.05, 4.69) is 10.2 Å². The van der Waals surface area contributed by atoms with Crippen LogP contribution in [0.1, 0.15) is 61.7 Å². The van der Waals surface area contributed by atoms with Crippen LogP contribution in [-0.4, -0.2) is 27.4 Å². The van der Waals surface area contributed by atoms with Gasteiger partial charge in [0.25, 0.3) is 0 Å². The topological polar surface area (TPSA) is 121 Å². The molecule has 2 aromatic carbocycles. The Balaban J connectivity index is 1.48. The Morgan fingerprint density at radius 3 is 2.53 bits per heavy atom. The molecule has 0 amide bonds. The van der Waals surface area contributed by atoms with E-state index >= 15 is 0 Å². The van der Waals surface area contributed by atoms with E-state index in [0.29, 0.717) is 34.8 Å². The fourth-order valence-electron chi connectivity index (χ4n) is 4.14. The quantitative estimate of drug-likeness (QED) is 0.415. The summed E-state index contributed by atoms with van der Waals surface area (Å²) in [6, 6.07) is 10.1. The van der Waals surface area contributed by atoms with Gasteiger partial charge in [0.1, 0.15) is 35.5 Å². The first kappa shape index (κ1) is 23.8. The number of nitroso groups, excluding NO2 is 1. The van der Waals surface area contributed by atoms with Gasteiger partial charge in [-0.2, -0.15) is 4.91 Å². The standard InChI is InChI=1S/C25H28N2O6S/c1-24(2,3)17-11-20-16(10-19(17)28)18(27-31)12-25(4,33-20)13-32-15-7-5-14(6-8-15)9-21-22(29)26-23(30)34-21/h5-8,10-11,18,28-29H,9,12-13H2,1-4H3,(H,26,30). The molecule has 1 aliphatic heterocycles. The zero-order valence-electron chi connectivity index (χ0n) is 19.5. The molecule has 1 aromatic heterocycles. The molecular weight excluding hydrogens is 456 g/mol. The number of rotatable bonds is 6. The van der Waals surface area contributed by atoms with Crippen molar-refractivity contribution in [3.8, 4) is 23.1 Å². The summed E-state index contributed by atoms with van der Waals surface area (Å²) in [6.45, 7) is 8.07. The number of phenolic OH excluding ortho intramolecular Hbond substituents is 1. The number of nitrogens with zero attached hydrogens (tertiary/aromatic N) is 1. The highest BCUT2D eigenvalue weighted by Gasteiger charge is 2.40. The van der Waals surface area contributed by atoms with E-state index in [1.165, 1.54) is 0 Å². The number of aromatic nitrogens is 1. The third-order valence-corrected chi connectivity index (χ3v) is 6.81. The van der Waals surface area contributed by atoms with Gasteiger partial charge < -0.3 is 19.7 Å². The van der Waals surface area contributed by atoms with Crippen molar-refractivity contribution in [2.75, 3.05) is 6.61 Å². The molecule has 0 spiro atoms. The van der Waals surface area contributed by atoms with Crippen LogP contribution in [0.15, 0.2) is 46.4 Å². The van der Waals surface area contributed by atoms with E-state index in [9.17, 15) is 19.9 Å². The molecule has 2 unspecified atom stereocenters. The van der Waals surface area contributed by atoms with E-state index in [4.69, 9.17) is 9.47 Å². The summed E-state index contributed by atoms with van der Waals surface area (Å²) in [6.07, 6.45) is 0.754. The SMILES string of the molecule is CC1(COc2ccc(Cc3sc(=O)[nH]c3O)cc2)CC(N=O)c2cc(O)c(C(C)(C)C)cc2O1. The molecule has 0 radical (unpaired) electrons. The van der Waals surface area contributed by atoms with Crippen LogP contribution >= 0.6 is 11.3 Å². The highest BCUT2D eigenvalue weighted by molar-refractivity contribution is 7.09. The Morgan fingerprint density at radius 1 is 1.24 bits per heavy atom. The molecule has 8 nitrogen and oxygen atoms in total. The van der Waals surface area contributed by atoms with E-state index in [-0.39, 0.29) is 28.5 Å². The minimum Gasteiger partial charge on any atom is -0.508 e. The predicted molar refractivity (Wildman–Crippen MR) is 130 cm³/mol. The highest BCUT2D eigenvalue weighted by Crippen LogP contribution is 2.46. The second-order valence-corrected chi connectivity index (χ2v) is 11.0. The number of thiazole rings is 1. The molecule has 0 saturated heterocycles. The molecule has 0 bridgehead atoms. The predicted octanol–water partition coefficient (Wildman–Crippen LogP) is 5.16. The van der Waals surface area contributed by atoms with Crippen molar-refractivity contribution in [3.05, 3.63) is 72.5 Å². The van der Waals surface area contributed by atoms with Crippen LogP contribution in [0.5, 0.6) is 23.1 Å². The fourth-order valence-corrected chi connectivity index (χ4v) is 4.90. The van der Waals surface area contributed by atoms with Crippen LogP contribution < -0.4 is 14.3 Å². The van der Waals surface area contributed by atoms with Gasteiger partial charge in [0, 0.05) is 24.0 Å². The minimum atomic E-state index is -0.792. The Morgan fingerprint density at radius 2 is 1.94 bits per heavy atom. The lowest BCUT2D eigenvalue weighted by atomic mass is 9.82. The summed E-state index contributed by atoms with van der Waals surface area (Å²) in [7, 11) is 0. The van der Waals surface area contributed by atoms with Gasteiger partial charge in [-0.15, -0.1) is 0 Å². The van der Waals surface area contributed by atoms with Gasteiger partial charge in [-0.1, -0.05) is 49.4 Å². The molecule has 0 fully saturated rings. The van der Waals surface area contributed by atoms with Crippen molar-refractivity contribution in [1.82, 2.24) is 4.98 Å². The summed E-state index contributed by atoms with van der Waals surface area (Å²) < 4.78 is 12.3. The zero-order valence-corrected chi connectivity index (χ0v) is 20.4. The molecule has 3 N–H and O–H groups in total. The number of phenols is 1. The van der Waals surface area contributed by atoms with Crippen LogP contribution in [0.25, 0.3) is 0 Å². The van der Waals surface area contributed by atoms with Gasteiger partial charge in [0.05, 0.1) is 4.88 Å². The first-order chi connectivity index (χ1) is 16.0. The number of aromatic amines is 1. The Labute approximate surface area is 201 Å². The third-order valence-electron chi connectivity index (χ3n) is 5.94. The van der Waals surface area contributed by atoms with Gasteiger partial charge in [-0.25, -0.2) is 0 Å². The second-order valence-electron chi connectivity index (χ2n) is 9.93. The van der Waals surface area contributed by atoms with E-state index < -0.39 is 11.6 Å². The summed E-state index contributed by atoms with van der Waals surface area (Å²) in [5.41, 5.74) is 1.14. The fraction of sp³-hybridized carbons (Fsp3) is 0.400. The number of aromatic hydroxyl groups is 2. The maximum absolute atomic E-state index is 11.6. The number of hydrogen-bond acceptors (Lipinski definition) is 8. The Bertz CT molecular complexity index is 1260. The monoisotopic (exact) mass is 484 g/mol. The van der Waals surface area contributed by atoms with E-state index in [0.717, 1.165) is 22.5 Å². The number of fused-ring (bicyclic) bond motifs is 1. The largest absolute Gasteiger partial charge is 0.508 e. The second kappa shape index (κ2) is 8.79. The average Bonchev–Trinajstić information content (AvgIpc) is 3.08. The van der Waals surface area contributed by atoms with Gasteiger partial charge in [0.15, 0.2) is 0 Å². The summed E-state index contributed by atoms with van der Waals surface area (Å²) in [5, 5.41) is 23.5. The van der Waals surface area contributed by atoms with Crippen LogP contribution in [0.4, 0.5) is 0 Å².